The minimum atomic E-state index is 0.728. The second-order valence-corrected chi connectivity index (χ2v) is 5.26. The molecule has 4 heteroatoms. The summed E-state index contributed by atoms with van der Waals surface area (Å²) in [7, 11) is 0. The Kier molecular flexibility index (Phi) is 2.80. The maximum atomic E-state index is 6.17. The molecule has 0 spiro atoms. The predicted octanol–water partition coefficient (Wildman–Crippen LogP) is 4.26. The lowest BCUT2D eigenvalue weighted by molar-refractivity contribution is 1.18. The van der Waals surface area contributed by atoms with Crippen LogP contribution >= 0.6 is 34.2 Å². The van der Waals surface area contributed by atoms with Crippen LogP contribution in [0.3, 0.4) is 0 Å². The fourth-order valence-corrected chi connectivity index (χ4v) is 2.62. The van der Waals surface area contributed by atoms with Crippen LogP contribution in [0.15, 0.2) is 48.8 Å². The first-order valence-corrected chi connectivity index (χ1v) is 6.59. The van der Waals surface area contributed by atoms with Crippen LogP contribution < -0.4 is 0 Å². The first kappa shape index (κ1) is 11.0. The second-order valence-electron chi connectivity index (χ2n) is 3.69. The van der Waals surface area contributed by atoms with Crippen molar-refractivity contribution in [2.24, 2.45) is 0 Å². The topological polar surface area (TPSA) is 17.3 Å². The molecule has 2 heterocycles. The molecule has 0 bridgehead atoms. The Bertz CT molecular complexity index is 691. The molecule has 0 radical (unpaired) electrons. The number of halogens is 2. The molecule has 0 amide bonds. The van der Waals surface area contributed by atoms with Crippen LogP contribution in [-0.2, 0) is 0 Å². The molecule has 1 aromatic carbocycles. The molecule has 0 atom stereocenters. The quantitative estimate of drug-likeness (QED) is 0.597. The van der Waals surface area contributed by atoms with Crippen molar-refractivity contribution < 1.29 is 0 Å². The van der Waals surface area contributed by atoms with E-state index in [-0.39, 0.29) is 0 Å². The molecule has 0 saturated heterocycles. The maximum absolute atomic E-state index is 6.17. The number of aromatic nitrogens is 2. The van der Waals surface area contributed by atoms with E-state index in [0.29, 0.717) is 0 Å². The van der Waals surface area contributed by atoms with Gasteiger partial charge in [-0.1, -0.05) is 29.8 Å². The van der Waals surface area contributed by atoms with Crippen LogP contribution in [0.1, 0.15) is 0 Å². The summed E-state index contributed by atoms with van der Waals surface area (Å²) in [5.74, 6) is 0. The molecule has 0 unspecified atom stereocenters. The highest BCUT2D eigenvalue weighted by Crippen LogP contribution is 2.27. The summed E-state index contributed by atoms with van der Waals surface area (Å²) in [6.07, 6.45) is 3.99. The molecule has 0 aliphatic heterocycles. The van der Waals surface area contributed by atoms with Gasteiger partial charge >= 0.3 is 0 Å². The van der Waals surface area contributed by atoms with Crippen molar-refractivity contribution in [1.82, 2.24) is 9.38 Å². The zero-order chi connectivity index (χ0) is 11.8. The number of hydrogen-bond acceptors (Lipinski definition) is 1. The Morgan fingerprint density at radius 1 is 1.12 bits per heavy atom. The Morgan fingerprint density at radius 2 is 1.94 bits per heavy atom. The monoisotopic (exact) mass is 354 g/mol. The number of nitrogens with zero attached hydrogens (tertiary/aromatic N) is 2. The lowest BCUT2D eigenvalue weighted by Crippen LogP contribution is -1.83. The van der Waals surface area contributed by atoms with E-state index in [4.69, 9.17) is 11.6 Å². The number of pyridine rings is 1. The van der Waals surface area contributed by atoms with Gasteiger partial charge in [0.15, 0.2) is 5.65 Å². The lowest BCUT2D eigenvalue weighted by atomic mass is 10.2. The molecule has 2 nitrogen and oxygen atoms in total. The van der Waals surface area contributed by atoms with Crippen molar-refractivity contribution in [3.05, 3.63) is 57.4 Å². The van der Waals surface area contributed by atoms with E-state index in [1.54, 1.807) is 0 Å². The lowest BCUT2D eigenvalue weighted by Gasteiger charge is -1.97. The third kappa shape index (κ3) is 1.93. The Labute approximate surface area is 117 Å². The summed E-state index contributed by atoms with van der Waals surface area (Å²) >= 11 is 8.46. The number of benzene rings is 1. The second kappa shape index (κ2) is 4.31. The van der Waals surface area contributed by atoms with E-state index < -0.39 is 0 Å². The van der Waals surface area contributed by atoms with Gasteiger partial charge in [-0.05, 0) is 40.8 Å². The fraction of sp³-hybridized carbons (Fsp3) is 0. The summed E-state index contributed by atoms with van der Waals surface area (Å²) in [6.45, 7) is 0. The van der Waals surface area contributed by atoms with Crippen LogP contribution in [-0.4, -0.2) is 9.38 Å². The van der Waals surface area contributed by atoms with Gasteiger partial charge in [-0.2, -0.15) is 0 Å². The molecular formula is C13H8ClIN2. The van der Waals surface area contributed by atoms with Gasteiger partial charge in [0.1, 0.15) is 0 Å². The number of rotatable bonds is 1. The summed E-state index contributed by atoms with van der Waals surface area (Å²) < 4.78 is 3.14. The maximum Gasteiger partial charge on any atom is 0.150 e. The molecule has 3 rings (SSSR count). The molecule has 84 valence electrons. The number of fused-ring (bicyclic) bond motifs is 1. The summed E-state index contributed by atoms with van der Waals surface area (Å²) in [4.78, 5) is 4.61. The van der Waals surface area contributed by atoms with E-state index in [1.807, 2.05) is 53.2 Å². The minimum Gasteiger partial charge on any atom is -0.306 e. The molecule has 3 aromatic rings. The smallest absolute Gasteiger partial charge is 0.150 e. The van der Waals surface area contributed by atoms with Gasteiger partial charge < -0.3 is 4.40 Å². The van der Waals surface area contributed by atoms with E-state index in [9.17, 15) is 0 Å². The van der Waals surface area contributed by atoms with Gasteiger partial charge in [0.25, 0.3) is 0 Å². The predicted molar refractivity (Wildman–Crippen MR) is 78.4 cm³/mol. The zero-order valence-corrected chi connectivity index (χ0v) is 11.7. The van der Waals surface area contributed by atoms with Crippen molar-refractivity contribution in [1.29, 1.82) is 0 Å². The zero-order valence-electron chi connectivity index (χ0n) is 8.77. The molecule has 0 aliphatic carbocycles. The van der Waals surface area contributed by atoms with Gasteiger partial charge in [-0.25, -0.2) is 4.98 Å². The first-order chi connectivity index (χ1) is 8.25. The van der Waals surface area contributed by atoms with Crippen molar-refractivity contribution in [3.8, 4) is 11.3 Å². The summed E-state index contributed by atoms with van der Waals surface area (Å²) in [5.41, 5.74) is 2.83. The van der Waals surface area contributed by atoms with Gasteiger partial charge in [0.05, 0.1) is 14.3 Å². The standard InChI is InChI=1S/C13H8ClIN2/c14-10-5-2-1-4-9(10)12-8-17-7-3-6-11(15)13(17)16-12/h1-8H. The number of imidazole rings is 1. The fourth-order valence-electron chi connectivity index (χ4n) is 1.78. The Morgan fingerprint density at radius 3 is 2.71 bits per heavy atom. The number of hydrogen-bond donors (Lipinski definition) is 0. The Hall–Kier alpha value is -1.07. The van der Waals surface area contributed by atoms with Gasteiger partial charge in [0, 0.05) is 18.0 Å². The van der Waals surface area contributed by atoms with Crippen LogP contribution in [0, 0.1) is 3.57 Å². The van der Waals surface area contributed by atoms with E-state index in [1.165, 1.54) is 0 Å². The molecule has 0 N–H and O–H groups in total. The normalized spacial score (nSPS) is 10.9. The molecule has 0 saturated carbocycles. The molecular weight excluding hydrogens is 347 g/mol. The van der Waals surface area contributed by atoms with Crippen molar-refractivity contribution >= 4 is 39.8 Å². The van der Waals surface area contributed by atoms with Crippen LogP contribution in [0.5, 0.6) is 0 Å². The average Bonchev–Trinajstić information content (AvgIpc) is 2.75. The third-order valence-corrected chi connectivity index (χ3v) is 3.76. The van der Waals surface area contributed by atoms with Crippen molar-refractivity contribution in [2.75, 3.05) is 0 Å². The van der Waals surface area contributed by atoms with Crippen molar-refractivity contribution in [3.63, 3.8) is 0 Å². The highest BCUT2D eigenvalue weighted by atomic mass is 127. The van der Waals surface area contributed by atoms with E-state index in [0.717, 1.165) is 25.5 Å². The highest BCUT2D eigenvalue weighted by molar-refractivity contribution is 14.1. The molecule has 2 aromatic heterocycles. The van der Waals surface area contributed by atoms with Crippen LogP contribution in [0.2, 0.25) is 5.02 Å². The van der Waals surface area contributed by atoms with E-state index >= 15 is 0 Å². The Balaban J connectivity index is 2.26. The van der Waals surface area contributed by atoms with Gasteiger partial charge in [0.2, 0.25) is 0 Å². The first-order valence-electron chi connectivity index (χ1n) is 5.14. The summed E-state index contributed by atoms with van der Waals surface area (Å²) in [6, 6.07) is 11.8. The molecule has 17 heavy (non-hydrogen) atoms. The largest absolute Gasteiger partial charge is 0.306 e. The highest BCUT2D eigenvalue weighted by Gasteiger charge is 2.08. The van der Waals surface area contributed by atoms with Crippen LogP contribution in [0.4, 0.5) is 0 Å². The minimum absolute atomic E-state index is 0.728. The van der Waals surface area contributed by atoms with Gasteiger partial charge in [-0.3, -0.25) is 0 Å². The SMILES string of the molecule is Clc1ccccc1-c1cn2cccc(I)c2n1. The van der Waals surface area contributed by atoms with E-state index in [2.05, 4.69) is 27.6 Å². The molecule has 0 fully saturated rings. The van der Waals surface area contributed by atoms with Crippen molar-refractivity contribution in [2.45, 2.75) is 0 Å². The third-order valence-electron chi connectivity index (χ3n) is 2.58. The summed E-state index contributed by atoms with van der Waals surface area (Å²) in [5, 5.41) is 0.728. The van der Waals surface area contributed by atoms with Crippen LogP contribution in [0.25, 0.3) is 16.9 Å². The average molecular weight is 355 g/mol. The van der Waals surface area contributed by atoms with Gasteiger partial charge in [-0.15, -0.1) is 0 Å². The molecule has 0 aliphatic rings.